The molecule has 0 aliphatic carbocycles. The molecule has 1 aliphatic heterocycles. The van der Waals surface area contributed by atoms with Crippen molar-refractivity contribution in [1.82, 2.24) is 29.9 Å². The minimum Gasteiger partial charge on any atom is -0.496 e. The number of fused-ring (bicyclic) bond motifs is 4. The van der Waals surface area contributed by atoms with Crippen molar-refractivity contribution in [3.63, 3.8) is 0 Å². The number of hydrogen-bond acceptors (Lipinski definition) is 19. The number of carbonyl (C=O) groups is 4. The van der Waals surface area contributed by atoms with Crippen molar-refractivity contribution in [1.29, 1.82) is 0 Å². The lowest BCUT2D eigenvalue weighted by atomic mass is 9.99. The van der Waals surface area contributed by atoms with Crippen molar-refractivity contribution in [3.05, 3.63) is 97.5 Å². The number of halogens is 3. The number of nitrogens with one attached hydrogen (secondary N) is 3. The molecule has 0 unspecified atom stereocenters. The average molecular weight is 1230 g/mol. The van der Waals surface area contributed by atoms with Gasteiger partial charge in [-0.2, -0.15) is 0 Å². The standard InChI is InChI=1S/C21H32N4O3.C20H28ClN3O3.C11H11NO3.C10H8Cl2N2O/c1-14-11-15-16(12-18(14)27-5)25-20(17(13-22)24-15)23-10-8-6-7-9-19(26)28-21(2,3)4;1-13-11-14-15(12-16(13)26-5)24-19(18(21)23-14)22-10-8-6-7-9-17(25)27-20(2,3)4;1-6-3-7-4-9(13)11(14)12-8(7)5-10(6)15-2;1-5-3-6-7(4-8(5)15-2)14-10(12)9(11)13-6/h11-12H,6-10,13,22H2,1-5H3,(H,23,25);11-12H,6-10H2,1-5H3,(H,22,24);3,5H,4H2,1-2H3,(H,12,14);3-4H,1-2H3. The third-order valence-electron chi connectivity index (χ3n) is 12.7. The maximum Gasteiger partial charge on any atom is 0.306 e. The summed E-state index contributed by atoms with van der Waals surface area (Å²) >= 11 is 17.8. The normalized spacial score (nSPS) is 11.9. The average Bonchev–Trinajstić information content (AvgIpc) is 3.08. The van der Waals surface area contributed by atoms with Crippen LogP contribution < -0.4 is 40.6 Å². The number of unbranched alkanes of at least 4 members (excludes halogenated alkanes) is 4. The van der Waals surface area contributed by atoms with Crippen LogP contribution >= 0.6 is 34.8 Å². The Labute approximate surface area is 512 Å². The van der Waals surface area contributed by atoms with E-state index in [0.29, 0.717) is 65.2 Å². The summed E-state index contributed by atoms with van der Waals surface area (Å²) in [5.74, 6) is 3.05. The molecule has 1 amide bonds. The summed E-state index contributed by atoms with van der Waals surface area (Å²) < 4.78 is 31.6. The summed E-state index contributed by atoms with van der Waals surface area (Å²) in [7, 11) is 6.46. The van der Waals surface area contributed by atoms with Crippen LogP contribution in [0, 0.1) is 27.7 Å². The van der Waals surface area contributed by atoms with Crippen LogP contribution in [0.4, 0.5) is 17.3 Å². The number of benzene rings is 4. The number of esters is 2. The first kappa shape index (κ1) is 68.4. The first-order valence-corrected chi connectivity index (χ1v) is 29.0. The van der Waals surface area contributed by atoms with Crippen LogP contribution in [0.5, 0.6) is 23.0 Å². The number of anilines is 3. The number of methoxy groups -OCH3 is 4. The minimum absolute atomic E-state index is 0.143. The van der Waals surface area contributed by atoms with E-state index in [1.165, 1.54) is 0 Å². The lowest BCUT2D eigenvalue weighted by Crippen LogP contribution is -2.29. The second kappa shape index (κ2) is 31.7. The molecule has 20 nitrogen and oxygen atoms in total. The Morgan fingerprint density at radius 3 is 1.33 bits per heavy atom. The number of amides is 1. The van der Waals surface area contributed by atoms with Crippen molar-refractivity contribution in [2.75, 3.05) is 57.5 Å². The third-order valence-corrected chi connectivity index (χ3v) is 13.6. The van der Waals surface area contributed by atoms with Crippen LogP contribution in [0.25, 0.3) is 33.1 Å². The number of ether oxygens (including phenoxy) is 6. The van der Waals surface area contributed by atoms with Gasteiger partial charge < -0.3 is 50.1 Å². The molecule has 0 radical (unpaired) electrons. The molecule has 23 heteroatoms. The highest BCUT2D eigenvalue weighted by atomic mass is 35.5. The predicted molar refractivity (Wildman–Crippen MR) is 336 cm³/mol. The van der Waals surface area contributed by atoms with Crippen molar-refractivity contribution in [2.24, 2.45) is 5.73 Å². The molecule has 85 heavy (non-hydrogen) atoms. The van der Waals surface area contributed by atoms with E-state index in [2.05, 4.69) is 45.9 Å². The van der Waals surface area contributed by atoms with Crippen LogP contribution in [0.15, 0.2) is 48.5 Å². The molecule has 7 aromatic rings. The fourth-order valence-electron chi connectivity index (χ4n) is 8.61. The predicted octanol–water partition coefficient (Wildman–Crippen LogP) is 13.0. The van der Waals surface area contributed by atoms with Gasteiger partial charge in [-0.25, -0.2) is 29.9 Å². The van der Waals surface area contributed by atoms with E-state index < -0.39 is 22.9 Å². The Morgan fingerprint density at radius 2 is 0.894 bits per heavy atom. The summed E-state index contributed by atoms with van der Waals surface area (Å²) in [6.45, 7) is 20.8. The van der Waals surface area contributed by atoms with Gasteiger partial charge in [-0.3, -0.25) is 19.2 Å². The van der Waals surface area contributed by atoms with Crippen LogP contribution in [0.2, 0.25) is 15.5 Å². The van der Waals surface area contributed by atoms with Crippen LogP contribution in [0.1, 0.15) is 126 Å². The molecule has 5 N–H and O–H groups in total. The Balaban J connectivity index is 0.000000215. The Bertz CT molecular complexity index is 3500. The van der Waals surface area contributed by atoms with E-state index in [9.17, 15) is 19.2 Å². The Morgan fingerprint density at radius 1 is 0.518 bits per heavy atom. The lowest BCUT2D eigenvalue weighted by Gasteiger charge is -2.19. The highest BCUT2D eigenvalue weighted by Crippen LogP contribution is 2.32. The largest absolute Gasteiger partial charge is 0.496 e. The number of carbonyl (C=O) groups excluding carboxylic acids is 4. The molecule has 0 atom stereocenters. The molecular weight excluding hydrogens is 1150 g/mol. The fraction of sp³-hybridized carbons (Fsp3) is 0.452. The maximum atomic E-state index is 11.7. The van der Waals surface area contributed by atoms with Crippen molar-refractivity contribution in [2.45, 2.75) is 145 Å². The summed E-state index contributed by atoms with van der Waals surface area (Å²) in [4.78, 5) is 72.2. The molecule has 1 aliphatic rings. The number of Topliss-reactive ketones (excluding diaryl/α,β-unsaturated/α-hetero) is 1. The second-order valence-corrected chi connectivity index (χ2v) is 23.1. The van der Waals surface area contributed by atoms with E-state index in [4.69, 9.17) is 69.0 Å². The van der Waals surface area contributed by atoms with Gasteiger partial charge in [0, 0.05) is 68.8 Å². The zero-order valence-electron chi connectivity index (χ0n) is 51.1. The third kappa shape index (κ3) is 21.0. The molecule has 3 aromatic heterocycles. The van der Waals surface area contributed by atoms with Crippen LogP contribution in [0.3, 0.4) is 0 Å². The molecule has 0 bridgehead atoms. The molecular formula is C62H79Cl3N10O10. The summed E-state index contributed by atoms with van der Waals surface area (Å²) in [6, 6.07) is 14.9. The zero-order valence-corrected chi connectivity index (χ0v) is 53.3. The number of aromatic nitrogens is 6. The molecule has 458 valence electrons. The van der Waals surface area contributed by atoms with Crippen molar-refractivity contribution in [3.8, 4) is 23.0 Å². The zero-order chi connectivity index (χ0) is 62.8. The number of ketones is 1. The van der Waals surface area contributed by atoms with E-state index >= 15 is 0 Å². The lowest BCUT2D eigenvalue weighted by molar-refractivity contribution is -0.156. The van der Waals surface area contributed by atoms with Gasteiger partial charge in [-0.15, -0.1) is 0 Å². The van der Waals surface area contributed by atoms with Gasteiger partial charge >= 0.3 is 11.9 Å². The number of rotatable bonds is 19. The minimum atomic E-state index is -0.548. The molecule has 4 aromatic carbocycles. The molecule has 0 fully saturated rings. The number of nitrogens with two attached hydrogens (primary N) is 1. The van der Waals surface area contributed by atoms with E-state index in [1.54, 1.807) is 40.6 Å². The van der Waals surface area contributed by atoms with Gasteiger partial charge in [0.1, 0.15) is 40.0 Å². The van der Waals surface area contributed by atoms with Gasteiger partial charge in [-0.05, 0) is 147 Å². The number of aryl methyl sites for hydroxylation is 4. The SMILES string of the molecule is COc1cc2c(cc1C)CC(=O)C(=O)N2.COc1cc2nc(Cl)c(Cl)nc2cc1C.COc1cc2nc(NCCCCCC(=O)OC(C)(C)C)c(CN)nc2cc1C.COc1cc2nc(NCCCCCC(=O)OC(C)(C)C)c(Cl)nc2cc1C. The van der Waals surface area contributed by atoms with Gasteiger partial charge in [0.05, 0.1) is 67.2 Å². The van der Waals surface area contributed by atoms with Crippen molar-refractivity contribution < 1.29 is 47.6 Å². The number of hydrogen-bond donors (Lipinski definition) is 4. The monoisotopic (exact) mass is 1230 g/mol. The smallest absolute Gasteiger partial charge is 0.306 e. The van der Waals surface area contributed by atoms with E-state index in [1.807, 2.05) is 106 Å². The first-order valence-electron chi connectivity index (χ1n) is 27.8. The molecule has 0 spiro atoms. The molecule has 8 rings (SSSR count). The van der Waals surface area contributed by atoms with Crippen LogP contribution in [-0.4, -0.2) is 106 Å². The molecule has 4 heterocycles. The second-order valence-electron chi connectivity index (χ2n) is 22.0. The van der Waals surface area contributed by atoms with Crippen LogP contribution in [-0.2, 0) is 41.6 Å². The summed E-state index contributed by atoms with van der Waals surface area (Å²) in [5.41, 5.74) is 15.6. The highest BCUT2D eigenvalue weighted by Gasteiger charge is 2.24. The van der Waals surface area contributed by atoms with Gasteiger partial charge in [0.25, 0.3) is 5.91 Å². The van der Waals surface area contributed by atoms with E-state index in [-0.39, 0.29) is 28.7 Å². The summed E-state index contributed by atoms with van der Waals surface area (Å²) in [5, 5.41) is 9.86. The molecule has 0 saturated heterocycles. The Hall–Kier alpha value is -7.39. The summed E-state index contributed by atoms with van der Waals surface area (Å²) in [6.07, 6.45) is 6.32. The Kier molecular flexibility index (Phi) is 25.5. The van der Waals surface area contributed by atoms with Crippen molar-refractivity contribution >= 4 is 109 Å². The number of nitrogens with zero attached hydrogens (tertiary/aromatic N) is 6. The van der Waals surface area contributed by atoms with E-state index in [0.717, 1.165) is 118 Å². The van der Waals surface area contributed by atoms with Gasteiger partial charge in [0.2, 0.25) is 5.78 Å². The molecule has 0 saturated carbocycles. The van der Waals surface area contributed by atoms with Gasteiger partial charge in [-0.1, -0.05) is 47.6 Å². The van der Waals surface area contributed by atoms with Gasteiger partial charge in [0.15, 0.2) is 21.3 Å². The fourth-order valence-corrected chi connectivity index (χ4v) is 9.08. The highest BCUT2D eigenvalue weighted by molar-refractivity contribution is 6.42. The maximum absolute atomic E-state index is 11.7. The topological polar surface area (TPSA) is 263 Å². The quantitative estimate of drug-likeness (QED) is 0.0333. The first-order chi connectivity index (χ1) is 40.1.